The number of rotatable bonds is 4. The summed E-state index contributed by atoms with van der Waals surface area (Å²) in [7, 11) is 0. The highest BCUT2D eigenvalue weighted by Crippen LogP contribution is 2.40. The smallest absolute Gasteiger partial charge is 0.266 e. The Morgan fingerprint density at radius 1 is 1.67 bits per heavy atom. The van der Waals surface area contributed by atoms with Crippen LogP contribution in [-0.4, -0.2) is 16.5 Å². The molecular formula is C10H14IN3O. The summed E-state index contributed by atoms with van der Waals surface area (Å²) in [5.74, 6) is 2.35. The lowest BCUT2D eigenvalue weighted by molar-refractivity contribution is 0.700. The number of aromatic nitrogens is 2. The summed E-state index contributed by atoms with van der Waals surface area (Å²) in [4.78, 5) is 17.9. The minimum atomic E-state index is -0.0732. The Morgan fingerprint density at radius 3 is 3.13 bits per heavy atom. The number of nitrogens with zero attached hydrogens (tertiary/aromatic N) is 1. The van der Waals surface area contributed by atoms with Gasteiger partial charge in [0.2, 0.25) is 0 Å². The standard InChI is InChI=1S/C10H14IN3O/c1-2-6-3-7(6)4-12-9-8(11)10(15)14-5-13-9/h5-7H,2-4H2,1H3,(H2,12,13,14,15). The fraction of sp³-hybridized carbons (Fsp3) is 0.600. The van der Waals surface area contributed by atoms with E-state index < -0.39 is 0 Å². The molecule has 0 aromatic carbocycles. The second-order valence-corrected chi connectivity index (χ2v) is 5.02. The summed E-state index contributed by atoms with van der Waals surface area (Å²) < 4.78 is 0.642. The van der Waals surface area contributed by atoms with Crippen molar-refractivity contribution < 1.29 is 0 Å². The van der Waals surface area contributed by atoms with E-state index in [1.54, 1.807) is 0 Å². The maximum absolute atomic E-state index is 11.3. The zero-order valence-electron chi connectivity index (χ0n) is 8.59. The first kappa shape index (κ1) is 10.9. The molecular weight excluding hydrogens is 305 g/mol. The monoisotopic (exact) mass is 319 g/mol. The Bertz CT molecular complexity index is 404. The SMILES string of the molecule is CCC1CC1CNc1nc[nH]c(=O)c1I. The summed E-state index contributed by atoms with van der Waals surface area (Å²) in [6.07, 6.45) is 4.01. The topological polar surface area (TPSA) is 57.8 Å². The van der Waals surface area contributed by atoms with Crippen molar-refractivity contribution in [2.45, 2.75) is 19.8 Å². The van der Waals surface area contributed by atoms with Crippen molar-refractivity contribution in [2.75, 3.05) is 11.9 Å². The van der Waals surface area contributed by atoms with E-state index in [0.29, 0.717) is 9.39 Å². The second-order valence-electron chi connectivity index (χ2n) is 3.94. The van der Waals surface area contributed by atoms with E-state index in [4.69, 9.17) is 0 Å². The molecule has 1 heterocycles. The fourth-order valence-electron chi connectivity index (χ4n) is 1.79. The minimum absolute atomic E-state index is 0.0732. The van der Waals surface area contributed by atoms with E-state index in [1.807, 2.05) is 22.6 Å². The molecule has 2 unspecified atom stereocenters. The molecule has 2 atom stereocenters. The Labute approximate surface area is 102 Å². The maximum Gasteiger partial charge on any atom is 0.266 e. The van der Waals surface area contributed by atoms with E-state index in [2.05, 4.69) is 22.2 Å². The predicted molar refractivity (Wildman–Crippen MR) is 68.0 cm³/mol. The first-order chi connectivity index (χ1) is 7.22. The molecule has 1 aliphatic carbocycles. The predicted octanol–water partition coefficient (Wildman–Crippen LogP) is 1.83. The van der Waals surface area contributed by atoms with Crippen LogP contribution >= 0.6 is 22.6 Å². The number of hydrogen-bond acceptors (Lipinski definition) is 3. The lowest BCUT2D eigenvalue weighted by atomic mass is 10.2. The molecule has 0 saturated heterocycles. The molecule has 0 spiro atoms. The second kappa shape index (κ2) is 4.51. The zero-order chi connectivity index (χ0) is 10.8. The summed E-state index contributed by atoms with van der Waals surface area (Å²) in [5, 5.41) is 3.24. The van der Waals surface area contributed by atoms with E-state index in [1.165, 1.54) is 19.2 Å². The van der Waals surface area contributed by atoms with Crippen molar-refractivity contribution >= 4 is 28.4 Å². The van der Waals surface area contributed by atoms with Crippen LogP contribution in [0.4, 0.5) is 5.82 Å². The van der Waals surface area contributed by atoms with Gasteiger partial charge in [0, 0.05) is 6.54 Å². The third-order valence-electron chi connectivity index (χ3n) is 2.92. The van der Waals surface area contributed by atoms with Crippen molar-refractivity contribution in [3.8, 4) is 0 Å². The summed E-state index contributed by atoms with van der Waals surface area (Å²) in [5.41, 5.74) is -0.0732. The van der Waals surface area contributed by atoms with Gasteiger partial charge in [-0.3, -0.25) is 4.79 Å². The van der Waals surface area contributed by atoms with Gasteiger partial charge >= 0.3 is 0 Å². The Hall–Kier alpha value is -0.590. The fourth-order valence-corrected chi connectivity index (χ4v) is 2.28. The van der Waals surface area contributed by atoms with Gasteiger partial charge in [0.1, 0.15) is 9.39 Å². The van der Waals surface area contributed by atoms with Gasteiger partial charge in [0.15, 0.2) is 0 Å². The zero-order valence-corrected chi connectivity index (χ0v) is 10.7. The number of aromatic amines is 1. The molecule has 2 rings (SSSR count). The molecule has 82 valence electrons. The van der Waals surface area contributed by atoms with Gasteiger partial charge in [0.05, 0.1) is 6.33 Å². The molecule has 1 aromatic heterocycles. The lowest BCUT2D eigenvalue weighted by Gasteiger charge is -2.05. The Morgan fingerprint density at radius 2 is 2.47 bits per heavy atom. The van der Waals surface area contributed by atoms with E-state index in [0.717, 1.165) is 18.4 Å². The molecule has 2 N–H and O–H groups in total. The average molecular weight is 319 g/mol. The highest BCUT2D eigenvalue weighted by atomic mass is 127. The normalized spacial score (nSPS) is 23.9. The van der Waals surface area contributed by atoms with Gasteiger partial charge in [-0.25, -0.2) is 4.98 Å². The van der Waals surface area contributed by atoms with Crippen molar-refractivity contribution in [1.29, 1.82) is 0 Å². The van der Waals surface area contributed by atoms with Crippen LogP contribution in [0.25, 0.3) is 0 Å². The molecule has 1 fully saturated rings. The number of hydrogen-bond donors (Lipinski definition) is 2. The number of H-pyrrole nitrogens is 1. The molecule has 0 bridgehead atoms. The summed E-state index contributed by atoms with van der Waals surface area (Å²) in [6, 6.07) is 0. The van der Waals surface area contributed by atoms with Crippen molar-refractivity contribution in [2.24, 2.45) is 11.8 Å². The highest BCUT2D eigenvalue weighted by molar-refractivity contribution is 14.1. The lowest BCUT2D eigenvalue weighted by Crippen LogP contribution is -2.16. The maximum atomic E-state index is 11.3. The van der Waals surface area contributed by atoms with Crippen LogP contribution in [0.1, 0.15) is 19.8 Å². The van der Waals surface area contributed by atoms with Gasteiger partial charge < -0.3 is 10.3 Å². The third-order valence-corrected chi connectivity index (χ3v) is 3.92. The van der Waals surface area contributed by atoms with Crippen LogP contribution in [0, 0.1) is 15.4 Å². The van der Waals surface area contributed by atoms with E-state index in [9.17, 15) is 4.79 Å². The molecule has 5 heteroatoms. The number of anilines is 1. The minimum Gasteiger partial charge on any atom is -0.369 e. The summed E-state index contributed by atoms with van der Waals surface area (Å²) in [6.45, 7) is 3.16. The highest BCUT2D eigenvalue weighted by Gasteiger charge is 2.34. The van der Waals surface area contributed by atoms with Crippen molar-refractivity contribution in [1.82, 2.24) is 9.97 Å². The van der Waals surface area contributed by atoms with Gasteiger partial charge in [-0.2, -0.15) is 0 Å². The quantitative estimate of drug-likeness (QED) is 0.833. The van der Waals surface area contributed by atoms with E-state index in [-0.39, 0.29) is 5.56 Å². The molecule has 1 aromatic rings. The molecule has 4 nitrogen and oxygen atoms in total. The van der Waals surface area contributed by atoms with Crippen LogP contribution in [0.3, 0.4) is 0 Å². The van der Waals surface area contributed by atoms with Gasteiger partial charge in [-0.05, 0) is 40.8 Å². The van der Waals surface area contributed by atoms with Crippen LogP contribution in [0.15, 0.2) is 11.1 Å². The molecule has 1 aliphatic rings. The molecule has 0 aliphatic heterocycles. The van der Waals surface area contributed by atoms with Crippen LogP contribution in [0.2, 0.25) is 0 Å². The first-order valence-corrected chi connectivity index (χ1v) is 6.27. The van der Waals surface area contributed by atoms with Gasteiger partial charge in [0.25, 0.3) is 5.56 Å². The molecule has 0 amide bonds. The first-order valence-electron chi connectivity index (χ1n) is 5.19. The van der Waals surface area contributed by atoms with Gasteiger partial charge in [-0.15, -0.1) is 0 Å². The number of halogens is 1. The van der Waals surface area contributed by atoms with Crippen LogP contribution in [-0.2, 0) is 0 Å². The largest absolute Gasteiger partial charge is 0.369 e. The van der Waals surface area contributed by atoms with Gasteiger partial charge in [-0.1, -0.05) is 13.3 Å². The average Bonchev–Trinajstić information content (AvgIpc) is 2.99. The van der Waals surface area contributed by atoms with Crippen molar-refractivity contribution in [3.63, 3.8) is 0 Å². The molecule has 1 saturated carbocycles. The van der Waals surface area contributed by atoms with E-state index >= 15 is 0 Å². The Balaban J connectivity index is 1.94. The third kappa shape index (κ3) is 2.50. The van der Waals surface area contributed by atoms with Crippen LogP contribution < -0.4 is 10.9 Å². The van der Waals surface area contributed by atoms with Crippen LogP contribution in [0.5, 0.6) is 0 Å². The summed E-state index contributed by atoms with van der Waals surface area (Å²) >= 11 is 2.02. The molecule has 15 heavy (non-hydrogen) atoms. The molecule has 0 radical (unpaired) electrons. The number of nitrogens with one attached hydrogen (secondary N) is 2. The van der Waals surface area contributed by atoms with Crippen molar-refractivity contribution in [3.05, 3.63) is 20.3 Å². The Kier molecular flexibility index (Phi) is 3.28.